The predicted octanol–water partition coefficient (Wildman–Crippen LogP) is 3.57. The average Bonchev–Trinajstić information content (AvgIpc) is 2.95. The molecule has 0 atom stereocenters. The van der Waals surface area contributed by atoms with E-state index in [1.807, 2.05) is 58.6 Å². The van der Waals surface area contributed by atoms with E-state index >= 15 is 0 Å². The average molecular weight is 382 g/mol. The molecule has 4 rings (SSSR count). The molecule has 0 saturated carbocycles. The zero-order valence-corrected chi connectivity index (χ0v) is 16.3. The van der Waals surface area contributed by atoms with Gasteiger partial charge in [0, 0.05) is 12.2 Å². The minimum Gasteiger partial charge on any atom is -0.486 e. The van der Waals surface area contributed by atoms with E-state index in [9.17, 15) is 0 Å². The molecule has 2 heterocycles. The van der Waals surface area contributed by atoms with Crippen LogP contribution in [-0.4, -0.2) is 39.5 Å². The van der Waals surface area contributed by atoms with E-state index in [4.69, 9.17) is 21.7 Å². The molecule has 1 aliphatic rings. The number of fused-ring (bicyclic) bond motifs is 1. The van der Waals surface area contributed by atoms with Gasteiger partial charge in [0.25, 0.3) is 0 Å². The summed E-state index contributed by atoms with van der Waals surface area (Å²) < 4.78 is 15.8. The van der Waals surface area contributed by atoms with Crippen LogP contribution >= 0.6 is 12.2 Å². The molecule has 1 aromatic heterocycles. The van der Waals surface area contributed by atoms with Crippen LogP contribution in [0.5, 0.6) is 11.5 Å². The van der Waals surface area contributed by atoms with Crippen LogP contribution in [0.25, 0.3) is 5.69 Å². The summed E-state index contributed by atoms with van der Waals surface area (Å²) in [4.78, 5) is 2.17. The van der Waals surface area contributed by atoms with E-state index in [1.54, 1.807) is 0 Å². The van der Waals surface area contributed by atoms with Gasteiger partial charge in [-0.15, -0.1) is 0 Å². The fraction of sp³-hybridized carbons (Fsp3) is 0.300. The maximum Gasteiger partial charge on any atom is 0.203 e. The quantitative estimate of drug-likeness (QED) is 0.631. The van der Waals surface area contributed by atoms with Gasteiger partial charge in [0.1, 0.15) is 19.0 Å². The minimum absolute atomic E-state index is 0.595. The molecule has 0 radical (unpaired) electrons. The second-order valence-electron chi connectivity index (χ2n) is 6.63. The molecule has 0 N–H and O–H groups in total. The highest BCUT2D eigenvalue weighted by molar-refractivity contribution is 7.71. The molecule has 0 saturated heterocycles. The molecule has 2 aromatic carbocycles. The van der Waals surface area contributed by atoms with E-state index in [1.165, 1.54) is 0 Å². The first kappa shape index (κ1) is 17.8. The Morgan fingerprint density at radius 1 is 1.07 bits per heavy atom. The molecular formula is C20H22N4O2S. The number of aromatic nitrogens is 3. The van der Waals surface area contributed by atoms with Crippen LogP contribution in [0.15, 0.2) is 48.5 Å². The van der Waals surface area contributed by atoms with Crippen LogP contribution in [0.2, 0.25) is 0 Å². The van der Waals surface area contributed by atoms with Gasteiger partial charge in [-0.3, -0.25) is 9.47 Å². The number of nitrogens with zero attached hydrogens (tertiary/aromatic N) is 4. The van der Waals surface area contributed by atoms with Gasteiger partial charge in [-0.05, 0) is 56.0 Å². The lowest BCUT2D eigenvalue weighted by atomic mass is 10.2. The highest BCUT2D eigenvalue weighted by Gasteiger charge is 2.14. The number of rotatable bonds is 5. The molecule has 0 unspecified atom stereocenters. The highest BCUT2D eigenvalue weighted by atomic mass is 32.1. The highest BCUT2D eigenvalue weighted by Crippen LogP contribution is 2.31. The van der Waals surface area contributed by atoms with Crippen molar-refractivity contribution in [1.82, 2.24) is 19.2 Å². The number of hydrogen-bond acceptors (Lipinski definition) is 5. The van der Waals surface area contributed by atoms with Gasteiger partial charge >= 0.3 is 0 Å². The Labute approximate surface area is 163 Å². The molecule has 7 heteroatoms. The number of benzene rings is 2. The van der Waals surface area contributed by atoms with Crippen LogP contribution in [0.4, 0.5) is 0 Å². The van der Waals surface area contributed by atoms with Gasteiger partial charge in [0.15, 0.2) is 11.5 Å². The van der Waals surface area contributed by atoms with Gasteiger partial charge in [-0.1, -0.05) is 24.3 Å². The Morgan fingerprint density at radius 3 is 2.59 bits per heavy atom. The van der Waals surface area contributed by atoms with Crippen LogP contribution in [0, 0.1) is 11.7 Å². The van der Waals surface area contributed by atoms with E-state index in [0.29, 0.717) is 24.7 Å². The molecule has 27 heavy (non-hydrogen) atoms. The summed E-state index contributed by atoms with van der Waals surface area (Å²) in [7, 11) is 2.05. The van der Waals surface area contributed by atoms with Crippen LogP contribution in [-0.2, 0) is 13.2 Å². The number of aryl methyl sites for hydroxylation is 1. The summed E-state index contributed by atoms with van der Waals surface area (Å²) in [6, 6.07) is 16.1. The largest absolute Gasteiger partial charge is 0.486 e. The molecule has 6 nitrogen and oxygen atoms in total. The van der Waals surface area contributed by atoms with Crippen molar-refractivity contribution in [2.45, 2.75) is 20.1 Å². The van der Waals surface area contributed by atoms with Crippen molar-refractivity contribution in [2.75, 3.05) is 20.3 Å². The van der Waals surface area contributed by atoms with Crippen LogP contribution < -0.4 is 9.47 Å². The van der Waals surface area contributed by atoms with Crippen molar-refractivity contribution in [3.05, 3.63) is 64.7 Å². The summed E-state index contributed by atoms with van der Waals surface area (Å²) in [5.74, 6) is 2.50. The number of para-hydroxylation sites is 1. The topological polar surface area (TPSA) is 44.5 Å². The summed E-state index contributed by atoms with van der Waals surface area (Å²) in [5, 5.41) is 4.63. The summed E-state index contributed by atoms with van der Waals surface area (Å²) in [6.45, 7) is 4.54. The Kier molecular flexibility index (Phi) is 4.96. The van der Waals surface area contributed by atoms with E-state index in [0.717, 1.165) is 35.1 Å². The normalized spacial score (nSPS) is 13.1. The van der Waals surface area contributed by atoms with E-state index < -0.39 is 0 Å². The van der Waals surface area contributed by atoms with Gasteiger partial charge in [0.2, 0.25) is 4.77 Å². The van der Waals surface area contributed by atoms with Crippen LogP contribution in [0.1, 0.15) is 11.4 Å². The molecule has 0 bridgehead atoms. The SMILES string of the molecule is Cc1nn(CN(C)Cc2ccc3c(c2)OCCO3)c(=S)n1-c1ccccc1. The first-order valence-corrected chi connectivity index (χ1v) is 9.31. The summed E-state index contributed by atoms with van der Waals surface area (Å²) in [6.07, 6.45) is 0. The number of hydrogen-bond donors (Lipinski definition) is 0. The van der Waals surface area contributed by atoms with Gasteiger partial charge < -0.3 is 9.47 Å². The van der Waals surface area contributed by atoms with Crippen molar-refractivity contribution >= 4 is 12.2 Å². The Hall–Kier alpha value is -2.64. The fourth-order valence-electron chi connectivity index (χ4n) is 3.26. The molecule has 0 aliphatic carbocycles. The Balaban J connectivity index is 1.50. The molecule has 0 fully saturated rings. The second-order valence-corrected chi connectivity index (χ2v) is 7.00. The zero-order valence-electron chi connectivity index (χ0n) is 15.5. The molecule has 0 spiro atoms. The lowest BCUT2D eigenvalue weighted by molar-refractivity contribution is 0.171. The van der Waals surface area contributed by atoms with Crippen molar-refractivity contribution in [3.63, 3.8) is 0 Å². The molecule has 140 valence electrons. The van der Waals surface area contributed by atoms with Gasteiger partial charge in [0.05, 0.1) is 6.67 Å². The lowest BCUT2D eigenvalue weighted by Crippen LogP contribution is -2.23. The third-order valence-corrected chi connectivity index (χ3v) is 4.84. The third kappa shape index (κ3) is 3.74. The smallest absolute Gasteiger partial charge is 0.203 e. The molecule has 0 amide bonds. The standard InChI is InChI=1S/C20H22N4O2S/c1-15-21-23(20(27)24(15)17-6-4-3-5-7-17)14-22(2)13-16-8-9-18-19(12-16)26-11-10-25-18/h3-9,12H,10-11,13-14H2,1-2H3. The lowest BCUT2D eigenvalue weighted by Gasteiger charge is -2.21. The third-order valence-electron chi connectivity index (χ3n) is 4.45. The second kappa shape index (κ2) is 7.54. The van der Waals surface area contributed by atoms with E-state index in [-0.39, 0.29) is 0 Å². The zero-order chi connectivity index (χ0) is 18.8. The van der Waals surface area contributed by atoms with Crippen molar-refractivity contribution < 1.29 is 9.47 Å². The molecular weight excluding hydrogens is 360 g/mol. The summed E-state index contributed by atoms with van der Waals surface area (Å²) in [5.41, 5.74) is 2.19. The first-order chi connectivity index (χ1) is 13.1. The summed E-state index contributed by atoms with van der Waals surface area (Å²) >= 11 is 5.66. The molecule has 3 aromatic rings. The van der Waals surface area contributed by atoms with Gasteiger partial charge in [-0.25, -0.2) is 4.68 Å². The first-order valence-electron chi connectivity index (χ1n) is 8.91. The predicted molar refractivity (Wildman–Crippen MR) is 106 cm³/mol. The molecule has 1 aliphatic heterocycles. The van der Waals surface area contributed by atoms with Crippen molar-refractivity contribution in [3.8, 4) is 17.2 Å². The van der Waals surface area contributed by atoms with Crippen LogP contribution in [0.3, 0.4) is 0 Å². The van der Waals surface area contributed by atoms with Crippen molar-refractivity contribution in [1.29, 1.82) is 0 Å². The fourth-order valence-corrected chi connectivity index (χ4v) is 3.60. The van der Waals surface area contributed by atoms with E-state index in [2.05, 4.69) is 23.1 Å². The number of ether oxygens (including phenoxy) is 2. The Morgan fingerprint density at radius 2 is 1.81 bits per heavy atom. The Bertz CT molecular complexity index is 997. The minimum atomic E-state index is 0.595. The monoisotopic (exact) mass is 382 g/mol. The maximum absolute atomic E-state index is 5.67. The van der Waals surface area contributed by atoms with Crippen molar-refractivity contribution in [2.24, 2.45) is 0 Å². The van der Waals surface area contributed by atoms with Gasteiger partial charge in [-0.2, -0.15) is 5.10 Å². The maximum atomic E-state index is 5.67.